The molecule has 1 amide bonds. The Morgan fingerprint density at radius 1 is 1.31 bits per heavy atom. The normalized spacial score (nSPS) is 22.0. The lowest BCUT2D eigenvalue weighted by atomic mass is 10.1. The number of amides is 1. The van der Waals surface area contributed by atoms with E-state index < -0.39 is 0 Å². The van der Waals surface area contributed by atoms with E-state index in [0.29, 0.717) is 5.92 Å². The summed E-state index contributed by atoms with van der Waals surface area (Å²) in [4.78, 5) is 22.7. The van der Waals surface area contributed by atoms with E-state index in [-0.39, 0.29) is 12.0 Å². The fourth-order valence-corrected chi connectivity index (χ4v) is 4.59. The second kappa shape index (κ2) is 7.25. The Kier molecular flexibility index (Phi) is 4.98. The average Bonchev–Trinajstić information content (AvgIpc) is 3.32. The molecule has 2 fully saturated rings. The molecule has 0 N–H and O–H groups in total. The molecule has 7 nitrogen and oxygen atoms in total. The summed E-state index contributed by atoms with van der Waals surface area (Å²) in [5.41, 5.74) is 2.33. The van der Waals surface area contributed by atoms with E-state index >= 15 is 0 Å². The van der Waals surface area contributed by atoms with Gasteiger partial charge in [-0.05, 0) is 25.7 Å². The number of carbonyl (C=O) groups excluding carboxylic acids is 1. The van der Waals surface area contributed by atoms with Crippen LogP contribution in [0.25, 0.3) is 4.96 Å². The number of aryl methyl sites for hydroxylation is 1. The first-order valence-electron chi connectivity index (χ1n) is 9.50. The maximum absolute atomic E-state index is 12.5. The van der Waals surface area contributed by atoms with Crippen LogP contribution in [-0.2, 0) is 16.1 Å². The standard InChI is InChI=1S/C18H27N5O2S/c1-12(2)16-14(23-18(19-16)26-13(3)20-23)11-21-6-8-22(9-7-21)17(24)15-5-4-10-25-15/h12,15H,4-11H2,1-3H3. The van der Waals surface area contributed by atoms with Gasteiger partial charge in [-0.3, -0.25) is 9.69 Å². The van der Waals surface area contributed by atoms with Crippen molar-refractivity contribution >= 4 is 22.2 Å². The third kappa shape index (κ3) is 3.37. The molecule has 0 saturated carbocycles. The van der Waals surface area contributed by atoms with E-state index in [4.69, 9.17) is 9.72 Å². The first kappa shape index (κ1) is 17.9. The highest BCUT2D eigenvalue weighted by Gasteiger charge is 2.31. The summed E-state index contributed by atoms with van der Waals surface area (Å²) >= 11 is 1.64. The molecular weight excluding hydrogens is 350 g/mol. The highest BCUT2D eigenvalue weighted by Crippen LogP contribution is 2.25. The van der Waals surface area contributed by atoms with Gasteiger partial charge in [0.2, 0.25) is 4.96 Å². The number of ether oxygens (including phenoxy) is 1. The van der Waals surface area contributed by atoms with Crippen LogP contribution in [0.4, 0.5) is 0 Å². The van der Waals surface area contributed by atoms with E-state index in [1.165, 1.54) is 5.69 Å². The van der Waals surface area contributed by atoms with Crippen LogP contribution in [0.15, 0.2) is 0 Å². The van der Waals surface area contributed by atoms with Gasteiger partial charge in [0.1, 0.15) is 11.1 Å². The largest absolute Gasteiger partial charge is 0.368 e. The fourth-order valence-electron chi connectivity index (χ4n) is 3.83. The van der Waals surface area contributed by atoms with Crippen molar-refractivity contribution in [1.29, 1.82) is 0 Å². The first-order valence-corrected chi connectivity index (χ1v) is 10.3. The van der Waals surface area contributed by atoms with E-state index in [1.807, 2.05) is 16.3 Å². The maximum Gasteiger partial charge on any atom is 0.251 e. The van der Waals surface area contributed by atoms with Crippen LogP contribution in [0, 0.1) is 6.92 Å². The first-order chi connectivity index (χ1) is 12.5. The summed E-state index contributed by atoms with van der Waals surface area (Å²) in [6.45, 7) is 11.2. The second-order valence-electron chi connectivity index (χ2n) is 7.52. The number of carbonyl (C=O) groups is 1. The predicted molar refractivity (Wildman–Crippen MR) is 101 cm³/mol. The van der Waals surface area contributed by atoms with Crippen molar-refractivity contribution in [2.45, 2.75) is 52.2 Å². The molecule has 2 aliphatic rings. The van der Waals surface area contributed by atoms with Crippen LogP contribution in [0.5, 0.6) is 0 Å². The quantitative estimate of drug-likeness (QED) is 0.816. The highest BCUT2D eigenvalue weighted by atomic mass is 32.1. The van der Waals surface area contributed by atoms with Crippen molar-refractivity contribution in [3.05, 3.63) is 16.4 Å². The van der Waals surface area contributed by atoms with Gasteiger partial charge < -0.3 is 9.64 Å². The Morgan fingerprint density at radius 3 is 2.73 bits per heavy atom. The molecular formula is C18H27N5O2S. The van der Waals surface area contributed by atoms with Crippen LogP contribution in [0.1, 0.15) is 49.0 Å². The van der Waals surface area contributed by atoms with E-state index in [1.54, 1.807) is 11.3 Å². The highest BCUT2D eigenvalue weighted by molar-refractivity contribution is 7.16. The zero-order valence-electron chi connectivity index (χ0n) is 15.8. The van der Waals surface area contributed by atoms with Gasteiger partial charge in [-0.2, -0.15) is 5.10 Å². The smallest absolute Gasteiger partial charge is 0.251 e. The summed E-state index contributed by atoms with van der Waals surface area (Å²) < 4.78 is 7.56. The maximum atomic E-state index is 12.5. The van der Waals surface area contributed by atoms with E-state index in [2.05, 4.69) is 23.8 Å². The van der Waals surface area contributed by atoms with Crippen molar-refractivity contribution in [2.75, 3.05) is 32.8 Å². The van der Waals surface area contributed by atoms with Crippen molar-refractivity contribution in [3.8, 4) is 0 Å². The number of hydrogen-bond acceptors (Lipinski definition) is 6. The molecule has 8 heteroatoms. The lowest BCUT2D eigenvalue weighted by Crippen LogP contribution is -2.51. The zero-order chi connectivity index (χ0) is 18.3. The zero-order valence-corrected chi connectivity index (χ0v) is 16.6. The molecule has 2 aromatic rings. The molecule has 0 bridgehead atoms. The predicted octanol–water partition coefficient (Wildman–Crippen LogP) is 2.05. The molecule has 4 heterocycles. The topological polar surface area (TPSA) is 63.0 Å². The van der Waals surface area contributed by atoms with Gasteiger partial charge in [0.15, 0.2) is 0 Å². The van der Waals surface area contributed by atoms with Crippen LogP contribution in [0.3, 0.4) is 0 Å². The molecule has 2 aromatic heterocycles. The molecule has 142 valence electrons. The van der Waals surface area contributed by atoms with Crippen LogP contribution in [-0.4, -0.2) is 69.2 Å². The molecule has 26 heavy (non-hydrogen) atoms. The molecule has 2 saturated heterocycles. The average molecular weight is 378 g/mol. The Morgan fingerprint density at radius 2 is 2.08 bits per heavy atom. The lowest BCUT2D eigenvalue weighted by molar-refractivity contribution is -0.142. The van der Waals surface area contributed by atoms with Gasteiger partial charge in [-0.1, -0.05) is 25.2 Å². The minimum absolute atomic E-state index is 0.173. The van der Waals surface area contributed by atoms with Crippen molar-refractivity contribution in [3.63, 3.8) is 0 Å². The lowest BCUT2D eigenvalue weighted by Gasteiger charge is -2.35. The van der Waals surface area contributed by atoms with Gasteiger partial charge in [-0.25, -0.2) is 9.50 Å². The minimum atomic E-state index is -0.207. The van der Waals surface area contributed by atoms with Crippen LogP contribution < -0.4 is 0 Å². The summed E-state index contributed by atoms with van der Waals surface area (Å²) in [6, 6.07) is 0. The van der Waals surface area contributed by atoms with Gasteiger partial charge in [0.05, 0.1) is 11.4 Å². The Balaban J connectivity index is 1.43. The number of piperazine rings is 1. The number of fused-ring (bicyclic) bond motifs is 1. The van der Waals surface area contributed by atoms with Gasteiger partial charge in [-0.15, -0.1) is 0 Å². The molecule has 4 rings (SSSR count). The summed E-state index contributed by atoms with van der Waals surface area (Å²) in [6.07, 6.45) is 1.66. The molecule has 0 radical (unpaired) electrons. The SMILES string of the molecule is Cc1nn2c(CN3CCN(C(=O)C4CCCO4)CC3)c(C(C)C)nc2s1. The van der Waals surface area contributed by atoms with Gasteiger partial charge in [0.25, 0.3) is 5.91 Å². The van der Waals surface area contributed by atoms with Crippen LogP contribution >= 0.6 is 11.3 Å². The summed E-state index contributed by atoms with van der Waals surface area (Å²) in [5, 5.41) is 5.68. The third-order valence-corrected chi connectivity index (χ3v) is 6.06. The molecule has 1 atom stereocenters. The Labute approximate surface area is 157 Å². The molecule has 0 spiro atoms. The third-order valence-electron chi connectivity index (χ3n) is 5.24. The van der Waals surface area contributed by atoms with Crippen molar-refractivity contribution in [2.24, 2.45) is 0 Å². The van der Waals surface area contributed by atoms with Gasteiger partial charge >= 0.3 is 0 Å². The molecule has 0 aliphatic carbocycles. The molecule has 2 aliphatic heterocycles. The van der Waals surface area contributed by atoms with E-state index in [0.717, 1.165) is 67.8 Å². The second-order valence-corrected chi connectivity index (χ2v) is 8.68. The number of imidazole rings is 1. The number of nitrogens with zero attached hydrogens (tertiary/aromatic N) is 5. The van der Waals surface area contributed by atoms with Crippen molar-refractivity contribution in [1.82, 2.24) is 24.4 Å². The fraction of sp³-hybridized carbons (Fsp3) is 0.722. The number of aromatic nitrogens is 3. The molecule has 0 aromatic carbocycles. The number of rotatable bonds is 4. The summed E-state index contributed by atoms with van der Waals surface area (Å²) in [5.74, 6) is 0.550. The van der Waals surface area contributed by atoms with Crippen LogP contribution in [0.2, 0.25) is 0 Å². The van der Waals surface area contributed by atoms with E-state index in [9.17, 15) is 4.79 Å². The minimum Gasteiger partial charge on any atom is -0.368 e. The monoisotopic (exact) mass is 377 g/mol. The Bertz CT molecular complexity index is 785. The van der Waals surface area contributed by atoms with Crippen molar-refractivity contribution < 1.29 is 9.53 Å². The number of hydrogen-bond donors (Lipinski definition) is 0. The molecule has 1 unspecified atom stereocenters. The van der Waals surface area contributed by atoms with Gasteiger partial charge in [0, 0.05) is 39.3 Å². The Hall–Kier alpha value is -1.51. The summed E-state index contributed by atoms with van der Waals surface area (Å²) in [7, 11) is 0.